The molecule has 10 heteroatoms. The predicted molar refractivity (Wildman–Crippen MR) is 176 cm³/mol. The van der Waals surface area contributed by atoms with Crippen molar-refractivity contribution in [2.24, 2.45) is 17.2 Å². The van der Waals surface area contributed by atoms with Crippen LogP contribution in [-0.4, -0.2) is 89.7 Å². The number of benzene rings is 2. The van der Waals surface area contributed by atoms with Crippen LogP contribution in [0.3, 0.4) is 0 Å². The Kier molecular flexibility index (Phi) is 17.9. The largest absolute Gasteiger partial charge is 0.399 e. The van der Waals surface area contributed by atoms with Gasteiger partial charge in [0.1, 0.15) is 0 Å². The molecule has 238 valence electrons. The van der Waals surface area contributed by atoms with Crippen molar-refractivity contribution >= 4 is 15.5 Å². The zero-order valence-electron chi connectivity index (χ0n) is 25.9. The highest BCUT2D eigenvalue weighted by Gasteiger charge is 2.17. The maximum atomic E-state index is 12.2. The van der Waals surface area contributed by atoms with Gasteiger partial charge in [-0.05, 0) is 115 Å². The first kappa shape index (κ1) is 36.1. The van der Waals surface area contributed by atoms with E-state index in [2.05, 4.69) is 15.1 Å². The van der Waals surface area contributed by atoms with Crippen molar-refractivity contribution in [3.8, 4) is 0 Å². The fourth-order valence-corrected chi connectivity index (χ4v) is 6.34. The number of nitrogens with zero attached hydrogens (tertiary/aromatic N) is 2. The molecular formula is C32H57N7O2S. The van der Waals surface area contributed by atoms with Gasteiger partial charge in [0.05, 0.1) is 9.79 Å². The van der Waals surface area contributed by atoms with E-state index in [0.717, 1.165) is 57.0 Å². The second-order valence-electron chi connectivity index (χ2n) is 11.3. The molecule has 0 spiro atoms. The van der Waals surface area contributed by atoms with Crippen molar-refractivity contribution in [1.29, 1.82) is 0 Å². The Labute approximate surface area is 255 Å². The van der Waals surface area contributed by atoms with Gasteiger partial charge < -0.3 is 38.1 Å². The number of nitrogens with one attached hydrogen (secondary N) is 1. The summed E-state index contributed by atoms with van der Waals surface area (Å²) in [6, 6.07) is 13.8. The van der Waals surface area contributed by atoms with Crippen LogP contribution in [0.5, 0.6) is 0 Å². The minimum atomic E-state index is -3.43. The van der Waals surface area contributed by atoms with Crippen LogP contribution in [0.15, 0.2) is 58.3 Å². The molecule has 0 bridgehead atoms. The van der Waals surface area contributed by atoms with Crippen molar-refractivity contribution in [2.75, 3.05) is 71.2 Å². The van der Waals surface area contributed by atoms with E-state index >= 15 is 0 Å². The molecule has 1 aliphatic heterocycles. The van der Waals surface area contributed by atoms with E-state index in [1.54, 1.807) is 36.4 Å². The monoisotopic (exact) mass is 603 g/mol. The third kappa shape index (κ3) is 13.9. The van der Waals surface area contributed by atoms with E-state index in [1.165, 1.54) is 83.5 Å². The summed E-state index contributed by atoms with van der Waals surface area (Å²) in [7, 11) is -3.43. The number of anilines is 1. The van der Waals surface area contributed by atoms with Crippen molar-refractivity contribution in [3.05, 3.63) is 54.1 Å². The van der Waals surface area contributed by atoms with Crippen molar-refractivity contribution in [2.45, 2.75) is 74.1 Å². The number of hydrogen-bond donors (Lipinski definition) is 5. The summed E-state index contributed by atoms with van der Waals surface area (Å²) in [6.07, 6.45) is 10.4. The molecule has 0 amide bonds. The maximum absolute atomic E-state index is 12.2. The van der Waals surface area contributed by atoms with Crippen LogP contribution in [0.1, 0.15) is 56.9 Å². The molecule has 1 saturated heterocycles. The molecule has 1 aliphatic carbocycles. The van der Waals surface area contributed by atoms with Crippen LogP contribution in [0.2, 0.25) is 0 Å². The number of rotatable bonds is 12. The Morgan fingerprint density at radius 2 is 1.17 bits per heavy atom. The van der Waals surface area contributed by atoms with Gasteiger partial charge in [-0.2, -0.15) is 0 Å². The average Bonchev–Trinajstić information content (AvgIpc) is 3.01. The van der Waals surface area contributed by atoms with Crippen LogP contribution in [0.4, 0.5) is 5.69 Å². The molecule has 0 unspecified atom stereocenters. The number of nitrogen functional groups attached to an aromatic ring is 1. The van der Waals surface area contributed by atoms with Crippen LogP contribution >= 0.6 is 0 Å². The number of hydrogen-bond acceptors (Lipinski definition) is 9. The van der Waals surface area contributed by atoms with Gasteiger partial charge in [-0.1, -0.05) is 37.0 Å². The Balaban J connectivity index is 0.000000226. The van der Waals surface area contributed by atoms with Crippen molar-refractivity contribution in [3.63, 3.8) is 0 Å². The normalized spacial score (nSPS) is 16.7. The molecule has 1 heterocycles. The molecule has 2 fully saturated rings. The fourth-order valence-electron chi connectivity index (χ4n) is 5.08. The smallest absolute Gasteiger partial charge is 0.206 e. The zero-order valence-corrected chi connectivity index (χ0v) is 26.7. The van der Waals surface area contributed by atoms with E-state index in [0.29, 0.717) is 10.6 Å². The molecule has 2 aromatic rings. The minimum absolute atomic E-state index is 0.260. The summed E-state index contributed by atoms with van der Waals surface area (Å²) < 4.78 is 24.4. The van der Waals surface area contributed by atoms with Crippen LogP contribution in [-0.2, 0) is 9.84 Å². The Hall–Kier alpha value is -2.05. The summed E-state index contributed by atoms with van der Waals surface area (Å²) in [5.41, 5.74) is 23.5. The van der Waals surface area contributed by atoms with Crippen molar-refractivity contribution in [1.82, 2.24) is 15.1 Å². The van der Waals surface area contributed by atoms with E-state index in [1.807, 2.05) is 6.92 Å². The molecule has 9 N–H and O–H groups in total. The Bertz CT molecular complexity index is 984. The van der Waals surface area contributed by atoms with E-state index < -0.39 is 9.84 Å². The van der Waals surface area contributed by atoms with Crippen molar-refractivity contribution < 1.29 is 8.42 Å². The van der Waals surface area contributed by atoms with Gasteiger partial charge >= 0.3 is 0 Å². The van der Waals surface area contributed by atoms with Gasteiger partial charge in [0.15, 0.2) is 0 Å². The number of aryl methyl sites for hydroxylation is 1. The summed E-state index contributed by atoms with van der Waals surface area (Å²) in [6.45, 7) is 12.6. The topological polar surface area (TPSA) is 157 Å². The SMILES string of the molecule is Cc1ccc(S(=O)(=O)c2ccc(N)cc2)cc1.NCCCN1CCN(CCCN)CC1.NCCCNC1CCCCC1. The molecule has 0 aromatic heterocycles. The highest BCUT2D eigenvalue weighted by atomic mass is 32.2. The first-order valence-electron chi connectivity index (χ1n) is 15.8. The molecule has 0 atom stereocenters. The summed E-state index contributed by atoms with van der Waals surface area (Å²) in [5.74, 6) is 0. The molecular weight excluding hydrogens is 546 g/mol. The third-order valence-corrected chi connectivity index (χ3v) is 9.55. The summed E-state index contributed by atoms with van der Waals surface area (Å²) >= 11 is 0. The lowest BCUT2D eigenvalue weighted by Gasteiger charge is -2.34. The fraction of sp³-hybridized carbons (Fsp3) is 0.625. The molecule has 2 aliphatic rings. The van der Waals surface area contributed by atoms with Crippen LogP contribution < -0.4 is 28.3 Å². The summed E-state index contributed by atoms with van der Waals surface area (Å²) in [5, 5.41) is 3.54. The summed E-state index contributed by atoms with van der Waals surface area (Å²) in [4.78, 5) is 5.57. The van der Waals surface area contributed by atoms with Gasteiger partial charge in [-0.3, -0.25) is 0 Å². The van der Waals surface area contributed by atoms with Gasteiger partial charge in [-0.15, -0.1) is 0 Å². The lowest BCUT2D eigenvalue weighted by Crippen LogP contribution is -2.47. The molecule has 9 nitrogen and oxygen atoms in total. The first-order valence-corrected chi connectivity index (χ1v) is 17.2. The van der Waals surface area contributed by atoms with Crippen LogP contribution in [0, 0.1) is 6.92 Å². The highest BCUT2D eigenvalue weighted by Crippen LogP contribution is 2.22. The van der Waals surface area contributed by atoms with Gasteiger partial charge in [0.2, 0.25) is 9.84 Å². The molecule has 4 rings (SSSR count). The Morgan fingerprint density at radius 1 is 0.714 bits per heavy atom. The molecule has 1 saturated carbocycles. The average molecular weight is 604 g/mol. The lowest BCUT2D eigenvalue weighted by atomic mass is 9.95. The zero-order chi connectivity index (χ0) is 30.6. The second-order valence-corrected chi connectivity index (χ2v) is 13.2. The number of piperazine rings is 1. The molecule has 42 heavy (non-hydrogen) atoms. The third-order valence-electron chi connectivity index (χ3n) is 7.76. The predicted octanol–water partition coefficient (Wildman–Crippen LogP) is 2.97. The van der Waals surface area contributed by atoms with E-state index in [9.17, 15) is 8.42 Å². The van der Waals surface area contributed by atoms with Gasteiger partial charge in [0.25, 0.3) is 0 Å². The standard InChI is InChI=1S/C13H13NO2S.C10H24N4.C9H20N2/c1-10-2-6-12(7-3-10)17(15,16)13-8-4-11(14)5-9-13;11-3-1-5-13-7-9-14(10-8-13)6-2-4-12;10-7-4-8-11-9-5-2-1-3-6-9/h2-9H,14H2,1H3;1-12H2;9,11H,1-8,10H2. The van der Waals surface area contributed by atoms with Gasteiger partial charge in [-0.25, -0.2) is 8.42 Å². The molecule has 2 aromatic carbocycles. The van der Waals surface area contributed by atoms with Crippen LogP contribution in [0.25, 0.3) is 0 Å². The highest BCUT2D eigenvalue weighted by molar-refractivity contribution is 7.91. The quantitative estimate of drug-likeness (QED) is 0.182. The number of nitrogens with two attached hydrogens (primary N) is 4. The lowest BCUT2D eigenvalue weighted by molar-refractivity contribution is 0.131. The van der Waals surface area contributed by atoms with E-state index in [-0.39, 0.29) is 4.90 Å². The van der Waals surface area contributed by atoms with Gasteiger partial charge in [0, 0.05) is 37.9 Å². The minimum Gasteiger partial charge on any atom is -0.399 e. The Morgan fingerprint density at radius 3 is 1.62 bits per heavy atom. The maximum Gasteiger partial charge on any atom is 0.206 e. The van der Waals surface area contributed by atoms with E-state index in [4.69, 9.17) is 22.9 Å². The molecule has 0 radical (unpaired) electrons. The first-order chi connectivity index (χ1) is 20.3. The second kappa shape index (κ2) is 20.8. The number of sulfone groups is 1.